The van der Waals surface area contributed by atoms with E-state index in [1.807, 2.05) is 50.3 Å². The molecule has 3 aliphatic heterocycles. The van der Waals surface area contributed by atoms with E-state index >= 15 is 4.39 Å². The Morgan fingerprint density at radius 3 is 2.37 bits per heavy atom. The van der Waals surface area contributed by atoms with Crippen LogP contribution in [0.4, 0.5) is 14.9 Å². The molecular formula is C43H65FN6O10. The highest BCUT2D eigenvalue weighted by molar-refractivity contribution is 6.08. The average molecular weight is 845 g/mol. The molecule has 0 saturated carbocycles. The van der Waals surface area contributed by atoms with Crippen molar-refractivity contribution in [3.63, 3.8) is 0 Å². The first-order chi connectivity index (χ1) is 28.1. The van der Waals surface area contributed by atoms with Crippen molar-refractivity contribution in [1.29, 1.82) is 0 Å². The second kappa shape index (κ2) is 18.5. The van der Waals surface area contributed by atoms with Crippen LogP contribution in [-0.4, -0.2) is 141 Å². The minimum atomic E-state index is -3.19. The maximum atomic E-state index is 16.9. The predicted octanol–water partition coefficient (Wildman–Crippen LogP) is 4.60. The van der Waals surface area contributed by atoms with E-state index in [2.05, 4.69) is 10.3 Å². The van der Waals surface area contributed by atoms with Gasteiger partial charge >= 0.3 is 12.1 Å². The quantitative estimate of drug-likeness (QED) is 0.138. The summed E-state index contributed by atoms with van der Waals surface area (Å²) in [6, 6.07) is 6.02. The number of hydrogen-bond acceptors (Lipinski definition) is 14. The fourth-order valence-electron chi connectivity index (χ4n) is 9.51. The van der Waals surface area contributed by atoms with E-state index in [0.29, 0.717) is 37.2 Å². The number of amides is 1. The van der Waals surface area contributed by atoms with Gasteiger partial charge in [-0.05, 0) is 86.0 Å². The Labute approximate surface area is 352 Å². The van der Waals surface area contributed by atoms with Crippen molar-refractivity contribution in [2.75, 3.05) is 33.5 Å². The number of cyclic esters (lactones) is 1. The molecule has 4 unspecified atom stereocenters. The normalized spacial score (nSPS) is 37.1. The lowest BCUT2D eigenvalue weighted by molar-refractivity contribution is -0.295. The largest absolute Gasteiger partial charge is 0.455 e. The van der Waals surface area contributed by atoms with E-state index in [1.165, 1.54) is 18.9 Å². The van der Waals surface area contributed by atoms with Gasteiger partial charge in [-0.25, -0.2) is 14.0 Å². The number of aryl methyl sites for hydroxylation is 1. The number of halogens is 1. The van der Waals surface area contributed by atoms with Crippen LogP contribution in [0.3, 0.4) is 0 Å². The van der Waals surface area contributed by atoms with E-state index in [0.717, 1.165) is 12.5 Å². The number of alkyl halides is 1. The summed E-state index contributed by atoms with van der Waals surface area (Å²) in [4.78, 5) is 60.1. The number of methoxy groups -OCH3 is 1. The highest BCUT2D eigenvalue weighted by Gasteiger charge is 2.61. The predicted molar refractivity (Wildman–Crippen MR) is 219 cm³/mol. The molecule has 0 radical (unpaired) electrons. The molecule has 0 spiro atoms. The number of nitrogens with zero attached hydrogens (tertiary/aromatic N) is 5. The van der Waals surface area contributed by atoms with Gasteiger partial charge in [-0.2, -0.15) is 0 Å². The van der Waals surface area contributed by atoms with Gasteiger partial charge in [0.2, 0.25) is 0 Å². The van der Waals surface area contributed by atoms with Crippen molar-refractivity contribution < 1.29 is 52.4 Å². The number of benzene rings is 1. The van der Waals surface area contributed by atoms with Gasteiger partial charge in [-0.3, -0.25) is 14.3 Å². The minimum absolute atomic E-state index is 0.0111. The van der Waals surface area contributed by atoms with Crippen LogP contribution < -0.4 is 5.73 Å². The molecule has 3 aliphatic rings. The first kappa shape index (κ1) is 47.0. The first-order valence-electron chi connectivity index (χ1n) is 21.0. The van der Waals surface area contributed by atoms with Gasteiger partial charge in [0.05, 0.1) is 30.0 Å². The van der Waals surface area contributed by atoms with Crippen LogP contribution in [0.25, 0.3) is 11.3 Å². The fraction of sp³-hybridized carbons (Fsp3) is 0.721. The third-order valence-electron chi connectivity index (χ3n) is 12.9. The Kier molecular flexibility index (Phi) is 14.5. The smallest absolute Gasteiger partial charge is 0.410 e. The molecule has 334 valence electrons. The number of aliphatic hydroxyl groups excluding tert-OH is 1. The number of hydrogen-bond donors (Lipinski definition) is 2. The fourth-order valence-corrected chi connectivity index (χ4v) is 9.51. The van der Waals surface area contributed by atoms with Crippen molar-refractivity contribution in [3.05, 3.63) is 30.5 Å². The molecule has 3 fully saturated rings. The number of likely N-dealkylation sites (N-methyl/N-ethyl adjacent to an activating group) is 1. The summed E-state index contributed by atoms with van der Waals surface area (Å²) in [6.07, 6.45) is -2.57. The van der Waals surface area contributed by atoms with Crippen molar-refractivity contribution in [2.45, 2.75) is 154 Å². The molecule has 60 heavy (non-hydrogen) atoms. The molecule has 3 N–H and O–H groups in total. The Hall–Kier alpha value is -4.03. The zero-order valence-corrected chi connectivity index (χ0v) is 36.9. The third kappa shape index (κ3) is 9.39. The number of rotatable bonds is 11. The number of nitrogens with two attached hydrogens (primary N) is 1. The summed E-state index contributed by atoms with van der Waals surface area (Å²) in [5, 5.41) is 19.9. The number of aliphatic hydroxyl groups is 1. The lowest BCUT2D eigenvalue weighted by Gasteiger charge is -2.47. The Balaban J connectivity index is 1.45. The van der Waals surface area contributed by atoms with Gasteiger partial charge in [0.25, 0.3) is 5.67 Å². The number of aromatic nitrogens is 3. The van der Waals surface area contributed by atoms with E-state index in [1.54, 1.807) is 45.4 Å². The van der Waals surface area contributed by atoms with Crippen LogP contribution in [0.5, 0.6) is 0 Å². The van der Waals surface area contributed by atoms with Crippen molar-refractivity contribution in [3.8, 4) is 11.3 Å². The monoisotopic (exact) mass is 844 g/mol. The van der Waals surface area contributed by atoms with Gasteiger partial charge in [0.1, 0.15) is 23.7 Å². The van der Waals surface area contributed by atoms with Gasteiger partial charge in [-0.15, -0.1) is 5.10 Å². The number of unbranched alkanes of at least 4 members (excludes halogenated alkanes) is 1. The van der Waals surface area contributed by atoms with E-state index in [4.69, 9.17) is 29.4 Å². The average Bonchev–Trinajstić information content (AvgIpc) is 3.78. The molecule has 1 amide bonds. The molecule has 3 saturated heterocycles. The van der Waals surface area contributed by atoms with Crippen molar-refractivity contribution in [2.24, 2.45) is 17.8 Å². The molecule has 1 aromatic heterocycles. The Morgan fingerprint density at radius 1 is 1.05 bits per heavy atom. The van der Waals surface area contributed by atoms with Crippen LogP contribution in [0.15, 0.2) is 30.5 Å². The second-order valence-corrected chi connectivity index (χ2v) is 17.8. The Morgan fingerprint density at radius 2 is 1.73 bits per heavy atom. The highest BCUT2D eigenvalue weighted by Crippen LogP contribution is 2.44. The molecule has 16 nitrogen and oxygen atoms in total. The topological polar surface area (TPSA) is 198 Å². The number of ether oxygens (including phenoxy) is 5. The maximum absolute atomic E-state index is 16.9. The molecule has 5 rings (SSSR count). The minimum Gasteiger partial charge on any atom is -0.455 e. The van der Waals surface area contributed by atoms with E-state index in [9.17, 15) is 24.3 Å². The lowest BCUT2D eigenvalue weighted by Crippen LogP contribution is -2.61. The molecule has 2 aromatic rings. The van der Waals surface area contributed by atoms with Crippen molar-refractivity contribution in [1.82, 2.24) is 24.8 Å². The van der Waals surface area contributed by atoms with Crippen LogP contribution in [0.1, 0.15) is 87.5 Å². The SMILES string of the molecule is CC[C@H]1OC(=O)[C@@](C)(F)C(=O)[C@H](C)[C@@H](OC2OC(C)CC(N(C)C)C2O)[C@@](C)(OC)C[C@@H](C)C(=O)[C@H](C)[C@H]2N(CCCCn3cc(-c4cccc(N)c4)nn3)C(=O)O[C@]12C. The summed E-state index contributed by atoms with van der Waals surface area (Å²) < 4.78 is 49.2. The molecule has 13 atom stereocenters. The summed E-state index contributed by atoms with van der Waals surface area (Å²) >= 11 is 0. The maximum Gasteiger partial charge on any atom is 0.410 e. The molecule has 1 aromatic carbocycles. The number of esters is 1. The number of fused-ring (bicyclic) bond motifs is 1. The molecule has 0 aliphatic carbocycles. The zero-order chi connectivity index (χ0) is 44.5. The summed E-state index contributed by atoms with van der Waals surface area (Å²) in [7, 11) is 5.04. The van der Waals surface area contributed by atoms with Crippen LogP contribution in [-0.2, 0) is 44.6 Å². The zero-order valence-electron chi connectivity index (χ0n) is 36.9. The number of nitrogen functional groups attached to an aromatic ring is 1. The molecule has 0 bridgehead atoms. The summed E-state index contributed by atoms with van der Waals surface area (Å²) in [5.74, 6) is -5.85. The molecule has 4 heterocycles. The summed E-state index contributed by atoms with van der Waals surface area (Å²) in [5.41, 5.74) is 1.80. The number of carbonyl (C=O) groups is 4. The number of anilines is 1. The first-order valence-corrected chi connectivity index (χ1v) is 21.0. The van der Waals surface area contributed by atoms with Crippen LogP contribution >= 0.6 is 0 Å². The van der Waals surface area contributed by atoms with Gasteiger partial charge in [0.15, 0.2) is 17.7 Å². The highest BCUT2D eigenvalue weighted by atomic mass is 19.1. The number of Topliss-reactive ketones (excluding diaryl/α,β-unsaturated/α-hetero) is 2. The molecular weight excluding hydrogens is 780 g/mol. The summed E-state index contributed by atoms with van der Waals surface area (Å²) in [6.45, 7) is 13.1. The molecule has 17 heteroatoms. The Bertz CT molecular complexity index is 1860. The second-order valence-electron chi connectivity index (χ2n) is 17.8. The van der Waals surface area contributed by atoms with Gasteiger partial charge < -0.3 is 44.3 Å². The standard InChI is InChI=1S/C43H65FN6O10/c1-12-32-43(8)35(50(40(55)60-43)19-14-13-18-49-23-30(46-47-49)28-16-15-17-29(45)21-28)26(4)33(51)24(2)22-41(6,56-11)37(27(5)36(53)42(7,44)39(54)58-32)59-38-34(52)31(48(9)10)20-25(3)57-38/h15-17,21,23-27,31-32,34-35,37-38,52H,12-14,18-20,22,45H2,1-11H3/t24-,25?,26+,27+,31?,32-,34?,35-,37-,38?,41+,42+,43-/m1/s1. The number of carbonyl (C=O) groups excluding carboxylic acids is 4. The van der Waals surface area contributed by atoms with Gasteiger partial charge in [-0.1, -0.05) is 45.0 Å². The third-order valence-corrected chi connectivity index (χ3v) is 12.9. The lowest BCUT2D eigenvalue weighted by atomic mass is 9.73. The van der Waals surface area contributed by atoms with E-state index in [-0.39, 0.29) is 37.3 Å². The van der Waals surface area contributed by atoms with Crippen LogP contribution in [0, 0.1) is 17.8 Å². The van der Waals surface area contributed by atoms with E-state index < -0.39 is 83.1 Å². The van der Waals surface area contributed by atoms with Gasteiger partial charge in [0, 0.05) is 55.2 Å². The van der Waals surface area contributed by atoms with Crippen LogP contribution in [0.2, 0.25) is 0 Å². The van der Waals surface area contributed by atoms with Crippen molar-refractivity contribution >= 4 is 29.3 Å². The number of ketones is 2.